The number of hydrogen-bond acceptors (Lipinski definition) is 8. The van der Waals surface area contributed by atoms with Crippen LogP contribution in [0.5, 0.6) is 5.75 Å². The van der Waals surface area contributed by atoms with Crippen LogP contribution >= 0.6 is 0 Å². The van der Waals surface area contributed by atoms with E-state index in [-0.39, 0.29) is 12.0 Å². The number of nitrogens with one attached hydrogen (secondary N) is 2. The summed E-state index contributed by atoms with van der Waals surface area (Å²) in [6, 6.07) is 5.85. The Bertz CT molecular complexity index is 1110. The van der Waals surface area contributed by atoms with Crippen molar-refractivity contribution in [3.63, 3.8) is 0 Å². The molecule has 3 aromatic heterocycles. The fourth-order valence-corrected chi connectivity index (χ4v) is 4.08. The molecule has 2 fully saturated rings. The van der Waals surface area contributed by atoms with Gasteiger partial charge in [0.05, 0.1) is 24.5 Å². The number of anilines is 2. The molecule has 2 unspecified atom stereocenters. The summed E-state index contributed by atoms with van der Waals surface area (Å²) in [5, 5.41) is 14.8. The summed E-state index contributed by atoms with van der Waals surface area (Å²) in [6.07, 6.45) is 4.31. The van der Waals surface area contributed by atoms with Crippen LogP contribution in [-0.2, 0) is 4.74 Å². The van der Waals surface area contributed by atoms with Crippen molar-refractivity contribution in [2.24, 2.45) is 0 Å². The highest BCUT2D eigenvalue weighted by Crippen LogP contribution is 2.25. The lowest BCUT2D eigenvalue weighted by molar-refractivity contribution is 0.101. The van der Waals surface area contributed by atoms with E-state index in [0.717, 1.165) is 43.2 Å². The lowest BCUT2D eigenvalue weighted by Gasteiger charge is -2.32. The summed E-state index contributed by atoms with van der Waals surface area (Å²) in [5.74, 6) is 1.36. The van der Waals surface area contributed by atoms with Crippen LogP contribution in [0.2, 0.25) is 0 Å². The third-order valence-electron chi connectivity index (χ3n) is 5.69. The molecule has 168 valence electrons. The number of carbonyl (C=O) groups is 1. The molecule has 5 rings (SSSR count). The molecule has 10 heteroatoms. The number of hydrogen-bond donors (Lipinski definition) is 2. The lowest BCUT2D eigenvalue weighted by Crippen LogP contribution is -2.49. The van der Waals surface area contributed by atoms with Gasteiger partial charge in [-0.15, -0.1) is 10.2 Å². The molecule has 2 saturated heterocycles. The normalized spacial score (nSPS) is 21.1. The first kappa shape index (κ1) is 20.7. The van der Waals surface area contributed by atoms with E-state index in [0.29, 0.717) is 36.4 Å². The summed E-state index contributed by atoms with van der Waals surface area (Å²) in [7, 11) is 0. The molecule has 2 aliphatic rings. The molecule has 0 bridgehead atoms. The molecule has 5 heterocycles. The largest absolute Gasteiger partial charge is 0.487 e. The number of nitrogens with zero attached hydrogens (tertiary/aromatic N) is 5. The van der Waals surface area contributed by atoms with Crippen LogP contribution in [0.3, 0.4) is 0 Å². The van der Waals surface area contributed by atoms with Crippen molar-refractivity contribution in [3.8, 4) is 5.75 Å². The average Bonchev–Trinajstić information content (AvgIpc) is 3.42. The first-order valence-corrected chi connectivity index (χ1v) is 10.9. The molecule has 2 aliphatic heterocycles. The number of aromatic nitrogens is 4. The van der Waals surface area contributed by atoms with Gasteiger partial charge in [-0.1, -0.05) is 0 Å². The van der Waals surface area contributed by atoms with Gasteiger partial charge in [0.25, 0.3) is 5.91 Å². The lowest BCUT2D eigenvalue weighted by atomic mass is 10.2. The van der Waals surface area contributed by atoms with Crippen LogP contribution in [-0.4, -0.2) is 70.5 Å². The van der Waals surface area contributed by atoms with E-state index >= 15 is 0 Å². The molecule has 0 aromatic carbocycles. The fraction of sp³-hybridized carbons (Fsp3) is 0.455. The number of piperazine rings is 1. The molecule has 0 spiro atoms. The van der Waals surface area contributed by atoms with E-state index in [1.807, 2.05) is 23.6 Å². The maximum absolute atomic E-state index is 13.1. The maximum Gasteiger partial charge on any atom is 0.262 e. The third-order valence-corrected chi connectivity index (χ3v) is 5.69. The van der Waals surface area contributed by atoms with Crippen LogP contribution in [0, 0.1) is 6.92 Å². The van der Waals surface area contributed by atoms with Gasteiger partial charge in [0.1, 0.15) is 17.5 Å². The van der Waals surface area contributed by atoms with Gasteiger partial charge in [-0.2, -0.15) is 0 Å². The number of fused-ring (bicyclic) bond motifs is 1. The molecular weight excluding hydrogens is 410 g/mol. The quantitative estimate of drug-likeness (QED) is 0.621. The average molecular weight is 438 g/mol. The Morgan fingerprint density at radius 3 is 2.97 bits per heavy atom. The monoisotopic (exact) mass is 437 g/mol. The van der Waals surface area contributed by atoms with Crippen molar-refractivity contribution in [1.82, 2.24) is 24.9 Å². The van der Waals surface area contributed by atoms with E-state index < -0.39 is 0 Å². The summed E-state index contributed by atoms with van der Waals surface area (Å²) < 4.78 is 13.3. The van der Waals surface area contributed by atoms with Gasteiger partial charge in [0.2, 0.25) is 0 Å². The van der Waals surface area contributed by atoms with Crippen LogP contribution in [0.25, 0.3) is 5.65 Å². The highest BCUT2D eigenvalue weighted by atomic mass is 16.5. The number of pyridine rings is 1. The summed E-state index contributed by atoms with van der Waals surface area (Å²) >= 11 is 0. The molecular formula is C22H27N7O3. The van der Waals surface area contributed by atoms with Crippen molar-refractivity contribution in [2.45, 2.75) is 32.4 Å². The Morgan fingerprint density at radius 2 is 2.22 bits per heavy atom. The Balaban J connectivity index is 1.36. The Morgan fingerprint density at radius 1 is 1.31 bits per heavy atom. The number of carbonyl (C=O) groups excluding carboxylic acids is 1. The Kier molecular flexibility index (Phi) is 5.62. The summed E-state index contributed by atoms with van der Waals surface area (Å²) in [5.41, 5.74) is 1.99. The molecule has 0 saturated carbocycles. The first-order chi connectivity index (χ1) is 15.5. The van der Waals surface area contributed by atoms with Gasteiger partial charge in [-0.3, -0.25) is 4.79 Å². The smallest absolute Gasteiger partial charge is 0.262 e. The minimum atomic E-state index is -0.315. The Hall–Kier alpha value is -3.24. The summed E-state index contributed by atoms with van der Waals surface area (Å²) in [6.45, 7) is 7.88. The SMILES string of the molecule is Cc1cn2cc(C(=O)Nc3ccc(N4CCNC(C)C4)nn3)c(OC3CCOC3)cc2n1. The maximum atomic E-state index is 13.1. The number of aryl methyl sites for hydroxylation is 1. The van der Waals surface area contributed by atoms with Crippen LogP contribution in [0.4, 0.5) is 11.6 Å². The molecule has 10 nitrogen and oxygen atoms in total. The number of imidazole rings is 1. The van der Waals surface area contributed by atoms with Gasteiger partial charge in [-0.05, 0) is 26.0 Å². The van der Waals surface area contributed by atoms with E-state index in [2.05, 4.69) is 37.6 Å². The van der Waals surface area contributed by atoms with E-state index in [1.54, 1.807) is 18.3 Å². The minimum absolute atomic E-state index is 0.0828. The van der Waals surface area contributed by atoms with Gasteiger partial charge >= 0.3 is 0 Å². The second kappa shape index (κ2) is 8.71. The van der Waals surface area contributed by atoms with Gasteiger partial charge in [0.15, 0.2) is 11.6 Å². The predicted molar refractivity (Wildman–Crippen MR) is 119 cm³/mol. The van der Waals surface area contributed by atoms with E-state index in [9.17, 15) is 4.79 Å². The van der Waals surface area contributed by atoms with Crippen molar-refractivity contribution >= 4 is 23.2 Å². The summed E-state index contributed by atoms with van der Waals surface area (Å²) in [4.78, 5) is 19.8. The van der Waals surface area contributed by atoms with Crippen molar-refractivity contribution < 1.29 is 14.3 Å². The molecule has 32 heavy (non-hydrogen) atoms. The van der Waals surface area contributed by atoms with E-state index in [1.165, 1.54) is 0 Å². The zero-order chi connectivity index (χ0) is 22.1. The third kappa shape index (κ3) is 4.37. The number of amides is 1. The Labute approximate surface area is 185 Å². The van der Waals surface area contributed by atoms with Gasteiger partial charge in [-0.25, -0.2) is 4.98 Å². The predicted octanol–water partition coefficient (Wildman–Crippen LogP) is 1.65. The topological polar surface area (TPSA) is 106 Å². The molecule has 1 amide bonds. The minimum Gasteiger partial charge on any atom is -0.487 e. The number of rotatable bonds is 5. The molecule has 0 radical (unpaired) electrons. The molecule has 2 N–H and O–H groups in total. The van der Waals surface area contributed by atoms with Crippen LogP contribution in [0.15, 0.2) is 30.6 Å². The van der Waals surface area contributed by atoms with Crippen LogP contribution < -0.4 is 20.3 Å². The van der Waals surface area contributed by atoms with E-state index in [4.69, 9.17) is 9.47 Å². The molecule has 3 aromatic rings. The van der Waals surface area contributed by atoms with Crippen molar-refractivity contribution in [3.05, 3.63) is 41.9 Å². The van der Waals surface area contributed by atoms with Gasteiger partial charge in [0, 0.05) is 50.6 Å². The fourth-order valence-electron chi connectivity index (χ4n) is 4.08. The van der Waals surface area contributed by atoms with Crippen molar-refractivity contribution in [1.29, 1.82) is 0 Å². The van der Waals surface area contributed by atoms with Crippen molar-refractivity contribution in [2.75, 3.05) is 43.1 Å². The second-order valence-corrected chi connectivity index (χ2v) is 8.33. The zero-order valence-electron chi connectivity index (χ0n) is 18.2. The highest BCUT2D eigenvalue weighted by molar-refractivity contribution is 6.05. The zero-order valence-corrected chi connectivity index (χ0v) is 18.2. The molecule has 0 aliphatic carbocycles. The first-order valence-electron chi connectivity index (χ1n) is 10.9. The number of ether oxygens (including phenoxy) is 2. The van der Waals surface area contributed by atoms with Crippen LogP contribution in [0.1, 0.15) is 29.4 Å². The highest BCUT2D eigenvalue weighted by Gasteiger charge is 2.23. The van der Waals surface area contributed by atoms with Gasteiger partial charge < -0.3 is 29.4 Å². The molecule has 2 atom stereocenters. The standard InChI is InChI=1S/C22H27N7O3/c1-14-10-28(7-6-23-14)20-4-3-19(26-27-20)25-22(30)17-12-29-11-15(2)24-21(29)9-18(17)32-16-5-8-31-13-16/h3-4,9,11-12,14,16,23H,5-8,10,13H2,1-2H3,(H,25,26,30). The second-order valence-electron chi connectivity index (χ2n) is 8.33.